The second-order valence-corrected chi connectivity index (χ2v) is 17.6. The third-order valence-electron chi connectivity index (χ3n) is 12.9. The molecule has 0 heterocycles. The normalized spacial score (nSPS) is 22.2. The highest BCUT2D eigenvalue weighted by Crippen LogP contribution is 2.70. The molecule has 0 aromatic rings. The fraction of sp³-hybridized carbons (Fsp3) is 0.933. The number of hydrogen-bond acceptors (Lipinski definition) is 7. The second-order valence-electron chi connectivity index (χ2n) is 17.6. The Morgan fingerprint density at radius 2 is 1.10 bits per heavy atom. The summed E-state index contributed by atoms with van der Waals surface area (Å²) < 4.78 is 17.4. The van der Waals surface area contributed by atoms with Gasteiger partial charge in [-0.25, -0.2) is 0 Å². The van der Waals surface area contributed by atoms with E-state index in [2.05, 4.69) is 18.7 Å². The van der Waals surface area contributed by atoms with Crippen molar-refractivity contribution in [2.45, 2.75) is 206 Å². The third kappa shape index (κ3) is 17.7. The topological polar surface area (TPSA) is 82.1 Å². The van der Waals surface area contributed by atoms with Crippen LogP contribution < -0.4 is 0 Å². The van der Waals surface area contributed by atoms with Gasteiger partial charge in [-0.15, -0.1) is 0 Å². The highest BCUT2D eigenvalue weighted by Gasteiger charge is 2.63. The van der Waals surface area contributed by atoms with Gasteiger partial charge in [-0.05, 0) is 121 Å². The SMILES string of the molecule is CCCCCC(CCCCC)CCOC(=O)CCCCCCCC(CCCCCCCC(=O)OCC12CC3CC1CC3C2)OC(=O)CCCN(C)C. The predicted molar refractivity (Wildman–Crippen MR) is 212 cm³/mol. The lowest BCUT2D eigenvalue weighted by Gasteiger charge is -2.28. The van der Waals surface area contributed by atoms with E-state index in [4.69, 9.17) is 14.2 Å². The molecule has 0 saturated heterocycles. The van der Waals surface area contributed by atoms with Crippen molar-refractivity contribution in [3.05, 3.63) is 0 Å². The first-order valence-corrected chi connectivity index (χ1v) is 22.4. The highest BCUT2D eigenvalue weighted by atomic mass is 16.5. The maximum atomic E-state index is 12.6. The summed E-state index contributed by atoms with van der Waals surface area (Å²) in [7, 11) is 4.06. The van der Waals surface area contributed by atoms with E-state index in [9.17, 15) is 14.4 Å². The molecule has 7 heteroatoms. The molecule has 302 valence electrons. The molecule has 7 nitrogen and oxygen atoms in total. The molecule has 4 bridgehead atoms. The molecule has 4 aliphatic carbocycles. The maximum absolute atomic E-state index is 12.6. The summed E-state index contributed by atoms with van der Waals surface area (Å²) >= 11 is 0. The van der Waals surface area contributed by atoms with Crippen molar-refractivity contribution in [2.24, 2.45) is 29.1 Å². The number of ether oxygens (including phenoxy) is 3. The van der Waals surface area contributed by atoms with Gasteiger partial charge in [0, 0.05) is 24.7 Å². The van der Waals surface area contributed by atoms with E-state index in [0.29, 0.717) is 43.8 Å². The molecule has 4 rings (SSSR count). The van der Waals surface area contributed by atoms with Crippen LogP contribution in [-0.4, -0.2) is 62.8 Å². The Morgan fingerprint density at radius 3 is 1.62 bits per heavy atom. The molecule has 0 aromatic carbocycles. The average Bonchev–Trinajstić information content (AvgIpc) is 3.86. The lowest BCUT2D eigenvalue weighted by Crippen LogP contribution is -2.27. The summed E-state index contributed by atoms with van der Waals surface area (Å²) in [6, 6.07) is 0. The van der Waals surface area contributed by atoms with Crippen molar-refractivity contribution < 1.29 is 28.6 Å². The first-order valence-electron chi connectivity index (χ1n) is 22.4. The van der Waals surface area contributed by atoms with Gasteiger partial charge < -0.3 is 19.1 Å². The second kappa shape index (κ2) is 26.2. The zero-order valence-electron chi connectivity index (χ0n) is 34.4. The predicted octanol–water partition coefficient (Wildman–Crippen LogP) is 11.4. The molecule has 3 unspecified atom stereocenters. The van der Waals surface area contributed by atoms with Gasteiger partial charge in [0.1, 0.15) is 6.10 Å². The minimum absolute atomic E-state index is 0.00205. The molecule has 0 radical (unpaired) electrons. The molecule has 52 heavy (non-hydrogen) atoms. The molecule has 4 fully saturated rings. The van der Waals surface area contributed by atoms with Gasteiger partial charge in [-0.3, -0.25) is 14.4 Å². The lowest BCUT2D eigenvalue weighted by atomic mass is 9.82. The molecule has 0 N–H and O–H groups in total. The summed E-state index contributed by atoms with van der Waals surface area (Å²) in [4.78, 5) is 39.5. The number of unbranched alkanes of at least 4 members (excludes halogenated alkanes) is 12. The van der Waals surface area contributed by atoms with Crippen molar-refractivity contribution in [2.75, 3.05) is 33.9 Å². The van der Waals surface area contributed by atoms with Gasteiger partial charge >= 0.3 is 17.9 Å². The summed E-state index contributed by atoms with van der Waals surface area (Å²) in [6.07, 6.45) is 31.2. The number of nitrogens with zero attached hydrogens (tertiary/aromatic N) is 1. The molecule has 0 amide bonds. The molecule has 3 atom stereocenters. The zero-order valence-corrected chi connectivity index (χ0v) is 34.4. The molecule has 4 saturated carbocycles. The van der Waals surface area contributed by atoms with Crippen LogP contribution in [0.25, 0.3) is 0 Å². The monoisotopic (exact) mass is 732 g/mol. The first-order chi connectivity index (χ1) is 25.2. The van der Waals surface area contributed by atoms with Gasteiger partial charge in [0.25, 0.3) is 0 Å². The van der Waals surface area contributed by atoms with Crippen LogP contribution in [0.5, 0.6) is 0 Å². The summed E-state index contributed by atoms with van der Waals surface area (Å²) in [5.41, 5.74) is 0.345. The van der Waals surface area contributed by atoms with Crippen LogP contribution in [0.3, 0.4) is 0 Å². The fourth-order valence-electron chi connectivity index (χ4n) is 9.81. The number of esters is 3. The van der Waals surface area contributed by atoms with Crippen LogP contribution in [0.2, 0.25) is 0 Å². The summed E-state index contributed by atoms with van der Waals surface area (Å²) in [6.45, 7) is 6.65. The quantitative estimate of drug-likeness (QED) is 0.0370. The third-order valence-corrected chi connectivity index (χ3v) is 12.9. The highest BCUT2D eigenvalue weighted by molar-refractivity contribution is 5.70. The molecular formula is C45H81NO6. The van der Waals surface area contributed by atoms with Crippen LogP contribution in [0.4, 0.5) is 0 Å². The van der Waals surface area contributed by atoms with Crippen molar-refractivity contribution in [1.29, 1.82) is 0 Å². The van der Waals surface area contributed by atoms with E-state index < -0.39 is 0 Å². The molecular weight excluding hydrogens is 650 g/mol. The van der Waals surface area contributed by atoms with Crippen LogP contribution >= 0.6 is 0 Å². The minimum atomic E-state index is -0.0698. The van der Waals surface area contributed by atoms with Crippen LogP contribution in [0.15, 0.2) is 0 Å². The standard InChI is InChI=1S/C45H81NO6/c1-5-7-15-22-37(23-16-8-6-2)29-31-50-42(47)26-19-13-9-11-17-24-41(52-44(49)28-21-30-46(3)4)25-18-12-10-14-20-27-43(48)51-36-45-34-38-32-40(45)33-39(38)35-45/h37-41H,5-36H2,1-4H3. The van der Waals surface area contributed by atoms with Crippen LogP contribution in [-0.2, 0) is 28.6 Å². The summed E-state index contributed by atoms with van der Waals surface area (Å²) in [5.74, 6) is 3.27. The number of carbonyl (C=O) groups excluding carboxylic acids is 3. The van der Waals surface area contributed by atoms with Gasteiger partial charge in [0.05, 0.1) is 13.2 Å². The van der Waals surface area contributed by atoms with Crippen LogP contribution in [0, 0.1) is 29.1 Å². The Hall–Kier alpha value is -1.63. The van der Waals surface area contributed by atoms with Gasteiger partial charge in [-0.1, -0.05) is 104 Å². The number of carbonyl (C=O) groups is 3. The van der Waals surface area contributed by atoms with E-state index in [1.165, 1.54) is 77.0 Å². The molecule has 4 aliphatic rings. The smallest absolute Gasteiger partial charge is 0.306 e. The Kier molecular flexibility index (Phi) is 22.6. The van der Waals surface area contributed by atoms with Gasteiger partial charge in [0.2, 0.25) is 0 Å². The van der Waals surface area contributed by atoms with E-state index in [-0.39, 0.29) is 24.0 Å². The van der Waals surface area contributed by atoms with Crippen molar-refractivity contribution in [3.8, 4) is 0 Å². The number of rotatable bonds is 34. The largest absolute Gasteiger partial charge is 0.466 e. The van der Waals surface area contributed by atoms with Gasteiger partial charge in [0.15, 0.2) is 0 Å². The number of hydrogen-bond donors (Lipinski definition) is 0. The minimum Gasteiger partial charge on any atom is -0.466 e. The first kappa shape index (κ1) is 44.8. The van der Waals surface area contributed by atoms with E-state index >= 15 is 0 Å². The van der Waals surface area contributed by atoms with Crippen molar-refractivity contribution >= 4 is 17.9 Å². The van der Waals surface area contributed by atoms with Crippen LogP contribution in [0.1, 0.15) is 200 Å². The van der Waals surface area contributed by atoms with Crippen molar-refractivity contribution in [3.63, 3.8) is 0 Å². The van der Waals surface area contributed by atoms with Gasteiger partial charge in [-0.2, -0.15) is 0 Å². The Morgan fingerprint density at radius 1 is 0.596 bits per heavy atom. The Bertz CT molecular complexity index is 959. The maximum Gasteiger partial charge on any atom is 0.306 e. The van der Waals surface area contributed by atoms with E-state index in [1.54, 1.807) is 0 Å². The Balaban J connectivity index is 1.21. The van der Waals surface area contributed by atoms with E-state index in [1.807, 2.05) is 14.1 Å². The molecule has 0 aliphatic heterocycles. The molecule has 0 aromatic heterocycles. The zero-order chi connectivity index (χ0) is 37.4. The van der Waals surface area contributed by atoms with Crippen molar-refractivity contribution in [1.82, 2.24) is 4.90 Å². The van der Waals surface area contributed by atoms with E-state index in [0.717, 1.165) is 114 Å². The lowest BCUT2D eigenvalue weighted by molar-refractivity contribution is -0.150. The Labute approximate surface area is 319 Å². The molecule has 0 spiro atoms. The average molecular weight is 732 g/mol. The summed E-state index contributed by atoms with van der Waals surface area (Å²) in [5, 5.41) is 0. The fourth-order valence-corrected chi connectivity index (χ4v) is 9.81.